The van der Waals surface area contributed by atoms with Gasteiger partial charge in [-0.3, -0.25) is 19.7 Å². The molecule has 310 valence electrons. The Hall–Kier alpha value is -5.78. The van der Waals surface area contributed by atoms with Gasteiger partial charge in [0.2, 0.25) is 11.5 Å². The molecule has 0 aliphatic carbocycles. The molecule has 4 aromatic carbocycles. The summed E-state index contributed by atoms with van der Waals surface area (Å²) in [6, 6.07) is 31.9. The number of aromatic amines is 1. The molecule has 2 atom stereocenters. The number of ketones is 1. The highest BCUT2D eigenvalue weighted by Gasteiger charge is 2.24. The lowest BCUT2D eigenvalue weighted by molar-refractivity contribution is -0.130. The van der Waals surface area contributed by atoms with Gasteiger partial charge in [-0.2, -0.15) is 0 Å². The Balaban J connectivity index is 0.848. The van der Waals surface area contributed by atoms with E-state index in [0.29, 0.717) is 80.2 Å². The van der Waals surface area contributed by atoms with Crippen LogP contribution in [0.5, 0.6) is 5.75 Å². The molecule has 1 unspecified atom stereocenters. The topological polar surface area (TPSA) is 152 Å². The van der Waals surface area contributed by atoms with E-state index < -0.39 is 12.2 Å². The zero-order valence-electron chi connectivity index (χ0n) is 34.1. The third-order valence-corrected chi connectivity index (χ3v) is 11.2. The summed E-state index contributed by atoms with van der Waals surface area (Å²) in [4.78, 5) is 57.0. The molecule has 1 aliphatic heterocycles. The number of pyridine rings is 1. The molecule has 1 fully saturated rings. The molecule has 0 radical (unpaired) electrons. The van der Waals surface area contributed by atoms with Crippen molar-refractivity contribution in [2.24, 2.45) is 5.92 Å². The number of piperidine rings is 1. The minimum Gasteiger partial charge on any atom is -0.506 e. The fraction of sp³-hybridized carbons (Fsp3) is 0.375. The van der Waals surface area contributed by atoms with E-state index in [0.717, 1.165) is 48.2 Å². The summed E-state index contributed by atoms with van der Waals surface area (Å²) in [5, 5.41) is 24.7. The quantitative estimate of drug-likeness (QED) is 0.0695. The number of phenols is 1. The Bertz CT molecular complexity index is 2250. The normalized spacial score (nSPS) is 14.4. The number of Topliss-reactive ketones (excluding diaryl/α,β-unsaturated/α-hetero) is 1. The van der Waals surface area contributed by atoms with Crippen molar-refractivity contribution in [3.8, 4) is 16.9 Å². The lowest BCUT2D eigenvalue weighted by atomic mass is 9.91. The fourth-order valence-corrected chi connectivity index (χ4v) is 7.92. The van der Waals surface area contributed by atoms with Crippen LogP contribution in [-0.4, -0.2) is 82.1 Å². The van der Waals surface area contributed by atoms with E-state index in [1.807, 2.05) is 66.7 Å². The first kappa shape index (κ1) is 42.8. The average Bonchev–Trinajstić information content (AvgIpc) is 3.23. The molecular weight excluding hydrogens is 745 g/mol. The molecule has 0 bridgehead atoms. The summed E-state index contributed by atoms with van der Waals surface area (Å²) in [7, 11) is 1.79. The Kier molecular flexibility index (Phi) is 15.1. The number of aromatic hydroxyl groups is 1. The number of hydrogen-bond donors (Lipinski definition) is 4. The van der Waals surface area contributed by atoms with Gasteiger partial charge >= 0.3 is 6.09 Å². The van der Waals surface area contributed by atoms with Crippen molar-refractivity contribution in [2.75, 3.05) is 38.5 Å². The summed E-state index contributed by atoms with van der Waals surface area (Å²) in [5.74, 6) is 0.438. The number of benzene rings is 4. The lowest BCUT2D eigenvalue weighted by Gasteiger charge is -2.31. The number of H-pyrrole nitrogens is 1. The number of carbonyl (C=O) groups is 3. The maximum absolute atomic E-state index is 12.9. The van der Waals surface area contributed by atoms with Gasteiger partial charge in [-0.1, -0.05) is 85.8 Å². The van der Waals surface area contributed by atoms with Crippen LogP contribution in [-0.2, 0) is 27.2 Å². The summed E-state index contributed by atoms with van der Waals surface area (Å²) >= 11 is 0. The smallest absolute Gasteiger partial charge is 0.411 e. The largest absolute Gasteiger partial charge is 0.506 e. The number of ether oxygens (including phenoxy) is 1. The molecular formula is C48H56N4O7. The molecule has 1 aliphatic rings. The van der Waals surface area contributed by atoms with Crippen LogP contribution in [0.4, 0.5) is 10.5 Å². The lowest BCUT2D eigenvalue weighted by Crippen LogP contribution is -2.40. The molecule has 1 saturated heterocycles. The third-order valence-electron chi connectivity index (χ3n) is 11.2. The van der Waals surface area contributed by atoms with E-state index in [1.54, 1.807) is 24.1 Å². The number of anilines is 1. The van der Waals surface area contributed by atoms with Gasteiger partial charge in [0.1, 0.15) is 17.6 Å². The number of amides is 2. The summed E-state index contributed by atoms with van der Waals surface area (Å²) in [5.41, 5.74) is 5.44. The second kappa shape index (κ2) is 20.8. The Labute approximate surface area is 346 Å². The molecule has 2 heterocycles. The van der Waals surface area contributed by atoms with Gasteiger partial charge in [0.05, 0.1) is 17.3 Å². The van der Waals surface area contributed by atoms with E-state index in [9.17, 15) is 29.4 Å². The molecule has 0 spiro atoms. The van der Waals surface area contributed by atoms with E-state index in [1.165, 1.54) is 12.1 Å². The SMILES string of the molecule is CC(CC[C@H](O)c1ccc(O)c2[nH]c(=O)ccc12)Cc1cccc(CC(=O)CCCN(C)C(=O)CCN2CCC(OC(=O)Nc3ccccc3-c3ccccc3)CC2)c1. The van der Waals surface area contributed by atoms with Crippen molar-refractivity contribution >= 4 is 34.4 Å². The molecule has 59 heavy (non-hydrogen) atoms. The van der Waals surface area contributed by atoms with Gasteiger partial charge < -0.3 is 29.7 Å². The van der Waals surface area contributed by atoms with Gasteiger partial charge in [0.25, 0.3) is 0 Å². The third kappa shape index (κ3) is 12.4. The summed E-state index contributed by atoms with van der Waals surface area (Å²) in [6.45, 7) is 4.79. The maximum Gasteiger partial charge on any atom is 0.411 e. The van der Waals surface area contributed by atoms with Gasteiger partial charge in [0, 0.05) is 69.5 Å². The number of likely N-dealkylation sites (tertiary alicyclic amines) is 1. The first-order valence-electron chi connectivity index (χ1n) is 20.7. The second-order valence-electron chi connectivity index (χ2n) is 15.9. The van der Waals surface area contributed by atoms with Crippen molar-refractivity contribution in [3.63, 3.8) is 0 Å². The second-order valence-corrected chi connectivity index (χ2v) is 15.9. The minimum absolute atomic E-state index is 0.0305. The van der Waals surface area contributed by atoms with E-state index in [-0.39, 0.29) is 35.0 Å². The Morgan fingerprint density at radius 1 is 0.898 bits per heavy atom. The van der Waals surface area contributed by atoms with Crippen LogP contribution in [0.15, 0.2) is 108 Å². The first-order chi connectivity index (χ1) is 28.5. The first-order valence-corrected chi connectivity index (χ1v) is 20.7. The zero-order valence-corrected chi connectivity index (χ0v) is 34.1. The van der Waals surface area contributed by atoms with Gasteiger partial charge in [-0.15, -0.1) is 0 Å². The molecule has 6 rings (SSSR count). The van der Waals surface area contributed by atoms with Crippen LogP contribution in [0.1, 0.15) is 74.7 Å². The highest BCUT2D eigenvalue weighted by Crippen LogP contribution is 2.32. The monoisotopic (exact) mass is 800 g/mol. The van der Waals surface area contributed by atoms with Crippen LogP contribution >= 0.6 is 0 Å². The van der Waals surface area contributed by atoms with Gasteiger partial charge in [-0.25, -0.2) is 4.79 Å². The van der Waals surface area contributed by atoms with Crippen molar-refractivity contribution < 1.29 is 29.3 Å². The number of nitrogens with one attached hydrogen (secondary N) is 2. The number of hydrogen-bond acceptors (Lipinski definition) is 8. The van der Waals surface area contributed by atoms with Gasteiger partial charge in [-0.05, 0) is 84.9 Å². The van der Waals surface area contributed by atoms with E-state index >= 15 is 0 Å². The predicted octanol–water partition coefficient (Wildman–Crippen LogP) is 8.05. The summed E-state index contributed by atoms with van der Waals surface area (Å²) < 4.78 is 5.76. The van der Waals surface area contributed by atoms with Crippen molar-refractivity contribution in [1.82, 2.24) is 14.8 Å². The van der Waals surface area contributed by atoms with Crippen LogP contribution < -0.4 is 10.9 Å². The number of aromatic nitrogens is 1. The molecule has 11 heteroatoms. The highest BCUT2D eigenvalue weighted by atomic mass is 16.6. The summed E-state index contributed by atoms with van der Waals surface area (Å²) in [6.07, 6.45) is 3.86. The highest BCUT2D eigenvalue weighted by molar-refractivity contribution is 5.91. The van der Waals surface area contributed by atoms with E-state index in [4.69, 9.17) is 4.74 Å². The Morgan fingerprint density at radius 3 is 2.44 bits per heavy atom. The fourth-order valence-electron chi connectivity index (χ4n) is 7.92. The number of carbonyl (C=O) groups excluding carboxylic acids is 3. The number of para-hydroxylation sites is 1. The number of rotatable bonds is 18. The number of aliphatic hydroxyl groups excluding tert-OH is 1. The predicted molar refractivity (Wildman–Crippen MR) is 231 cm³/mol. The van der Waals surface area contributed by atoms with Crippen LogP contribution in [0.2, 0.25) is 0 Å². The van der Waals surface area contributed by atoms with Gasteiger partial charge in [0.15, 0.2) is 0 Å². The van der Waals surface area contributed by atoms with Crippen LogP contribution in [0.25, 0.3) is 22.0 Å². The Morgan fingerprint density at radius 2 is 1.64 bits per heavy atom. The number of aliphatic hydroxyl groups is 1. The molecule has 11 nitrogen and oxygen atoms in total. The molecule has 2 amide bonds. The average molecular weight is 801 g/mol. The zero-order chi connectivity index (χ0) is 41.7. The molecule has 4 N–H and O–H groups in total. The van der Waals surface area contributed by atoms with Crippen LogP contribution in [0.3, 0.4) is 0 Å². The number of fused-ring (bicyclic) bond motifs is 1. The number of phenolic OH excluding ortho intramolecular Hbond substituents is 1. The van der Waals surface area contributed by atoms with Crippen LogP contribution in [0, 0.1) is 5.92 Å². The molecule has 5 aromatic rings. The van der Waals surface area contributed by atoms with Crippen molar-refractivity contribution in [3.05, 3.63) is 130 Å². The molecule has 0 saturated carbocycles. The van der Waals surface area contributed by atoms with Crippen molar-refractivity contribution in [1.29, 1.82) is 0 Å². The molecule has 1 aromatic heterocycles. The van der Waals surface area contributed by atoms with E-state index in [2.05, 4.69) is 34.3 Å². The van der Waals surface area contributed by atoms with Crippen molar-refractivity contribution in [2.45, 2.75) is 76.9 Å². The minimum atomic E-state index is -0.744. The maximum atomic E-state index is 12.9. The standard InChI is InChI=1S/C48H56N4O7/c1-33(17-20-43(54)40-18-21-44(55)47-41(40)19-22-45(56)50-47)30-34-10-8-11-35(31-34)32-37(53)14-9-26-51(2)46(57)25-29-52-27-23-38(24-28-52)59-48(58)49-42-16-7-6-15-39(42)36-12-4-3-5-13-36/h3-8,10-13,15-16,18-19,21-22,31,33,38,43,54-55H,9,14,17,20,23-30,32H2,1-2H3,(H,49,58)(H,50,56)/t33?,43-/m0/s1. The number of nitrogens with zero attached hydrogens (tertiary/aromatic N) is 2.